The fourth-order valence-electron chi connectivity index (χ4n) is 1.46. The van der Waals surface area contributed by atoms with Gasteiger partial charge in [-0.25, -0.2) is 8.42 Å². The SMILES string of the molecule is O=C(O)CCCS(=O)(=O)N1CCNCC1. The van der Waals surface area contributed by atoms with Crippen LogP contribution in [0.4, 0.5) is 0 Å². The third-order valence-corrected chi connectivity index (χ3v) is 4.22. The zero-order valence-electron chi connectivity index (χ0n) is 8.48. The molecular weight excluding hydrogens is 220 g/mol. The molecule has 1 fully saturated rings. The molecule has 7 heteroatoms. The number of carboxylic acids is 1. The van der Waals surface area contributed by atoms with Crippen LogP contribution in [-0.2, 0) is 14.8 Å². The van der Waals surface area contributed by atoms with E-state index in [-0.39, 0.29) is 18.6 Å². The number of nitrogens with zero attached hydrogens (tertiary/aromatic N) is 1. The Kier molecular flexibility index (Phi) is 4.49. The van der Waals surface area contributed by atoms with E-state index in [9.17, 15) is 13.2 Å². The summed E-state index contributed by atoms with van der Waals surface area (Å²) in [6.45, 7) is 2.29. The van der Waals surface area contributed by atoms with Crippen LogP contribution in [0.1, 0.15) is 12.8 Å². The molecule has 1 rings (SSSR count). The number of sulfonamides is 1. The molecule has 0 radical (unpaired) electrons. The lowest BCUT2D eigenvalue weighted by Gasteiger charge is -2.26. The topological polar surface area (TPSA) is 86.7 Å². The Balaban J connectivity index is 2.40. The molecule has 2 N–H and O–H groups in total. The summed E-state index contributed by atoms with van der Waals surface area (Å²) in [6.07, 6.45) is 0.0902. The van der Waals surface area contributed by atoms with Crippen LogP contribution in [0.25, 0.3) is 0 Å². The molecule has 0 saturated carbocycles. The molecule has 1 aliphatic heterocycles. The van der Waals surface area contributed by atoms with Crippen molar-refractivity contribution in [2.75, 3.05) is 31.9 Å². The minimum atomic E-state index is -3.25. The molecular formula is C8H16N2O4S. The van der Waals surface area contributed by atoms with Crippen molar-refractivity contribution in [1.29, 1.82) is 0 Å². The van der Waals surface area contributed by atoms with Crippen molar-refractivity contribution in [2.24, 2.45) is 0 Å². The second-order valence-corrected chi connectivity index (χ2v) is 5.55. The van der Waals surface area contributed by atoms with Crippen molar-refractivity contribution < 1.29 is 18.3 Å². The Hall–Kier alpha value is -0.660. The number of hydrogen-bond acceptors (Lipinski definition) is 4. The van der Waals surface area contributed by atoms with E-state index in [1.165, 1.54) is 4.31 Å². The van der Waals surface area contributed by atoms with Gasteiger partial charge in [0.1, 0.15) is 0 Å². The first kappa shape index (κ1) is 12.4. The van der Waals surface area contributed by atoms with Gasteiger partial charge in [-0.3, -0.25) is 4.79 Å². The molecule has 0 bridgehead atoms. The minimum Gasteiger partial charge on any atom is -0.481 e. The number of aliphatic carboxylic acids is 1. The number of hydrogen-bond donors (Lipinski definition) is 2. The molecule has 0 unspecified atom stereocenters. The highest BCUT2D eigenvalue weighted by molar-refractivity contribution is 7.89. The summed E-state index contributed by atoms with van der Waals surface area (Å²) in [7, 11) is -3.25. The number of piperazine rings is 1. The van der Waals surface area contributed by atoms with Crippen molar-refractivity contribution in [1.82, 2.24) is 9.62 Å². The Bertz CT molecular complexity index is 309. The van der Waals surface area contributed by atoms with Crippen LogP contribution in [-0.4, -0.2) is 55.7 Å². The second-order valence-electron chi connectivity index (χ2n) is 3.46. The van der Waals surface area contributed by atoms with Crippen LogP contribution < -0.4 is 5.32 Å². The predicted octanol–water partition coefficient (Wildman–Crippen LogP) is -0.914. The Labute approximate surface area is 89.3 Å². The first-order valence-electron chi connectivity index (χ1n) is 4.93. The van der Waals surface area contributed by atoms with Crippen molar-refractivity contribution in [3.63, 3.8) is 0 Å². The molecule has 0 aliphatic carbocycles. The van der Waals surface area contributed by atoms with Gasteiger partial charge in [0.05, 0.1) is 5.75 Å². The van der Waals surface area contributed by atoms with Gasteiger partial charge in [0.15, 0.2) is 0 Å². The van der Waals surface area contributed by atoms with E-state index in [1.54, 1.807) is 0 Å². The van der Waals surface area contributed by atoms with E-state index >= 15 is 0 Å². The van der Waals surface area contributed by atoms with Gasteiger partial charge in [0.2, 0.25) is 10.0 Å². The highest BCUT2D eigenvalue weighted by Gasteiger charge is 2.23. The van der Waals surface area contributed by atoms with Crippen molar-refractivity contribution in [3.8, 4) is 0 Å². The van der Waals surface area contributed by atoms with Crippen LogP contribution in [0.3, 0.4) is 0 Å². The minimum absolute atomic E-state index is 0.0701. The summed E-state index contributed by atoms with van der Waals surface area (Å²) in [5, 5.41) is 11.5. The van der Waals surface area contributed by atoms with Crippen molar-refractivity contribution >= 4 is 16.0 Å². The number of rotatable bonds is 5. The lowest BCUT2D eigenvalue weighted by atomic mass is 10.3. The summed E-state index contributed by atoms with van der Waals surface area (Å²) < 4.78 is 24.8. The summed E-state index contributed by atoms with van der Waals surface area (Å²) in [6, 6.07) is 0. The average molecular weight is 236 g/mol. The second kappa shape index (κ2) is 5.43. The van der Waals surface area contributed by atoms with Gasteiger partial charge in [-0.15, -0.1) is 0 Å². The molecule has 0 atom stereocenters. The predicted molar refractivity (Wildman–Crippen MR) is 55.1 cm³/mol. The third-order valence-electron chi connectivity index (χ3n) is 2.26. The highest BCUT2D eigenvalue weighted by Crippen LogP contribution is 2.06. The standard InChI is InChI=1S/C8H16N2O4S/c11-8(12)2-1-7-15(13,14)10-5-3-9-4-6-10/h9H,1-7H2,(H,11,12). The first-order chi connectivity index (χ1) is 7.02. The summed E-state index contributed by atoms with van der Waals surface area (Å²) in [4.78, 5) is 10.2. The van der Waals surface area contributed by atoms with Gasteiger partial charge < -0.3 is 10.4 Å². The average Bonchev–Trinajstić information content (AvgIpc) is 2.18. The maximum atomic E-state index is 11.7. The Morgan fingerprint density at radius 1 is 1.33 bits per heavy atom. The van der Waals surface area contributed by atoms with E-state index in [2.05, 4.69) is 5.32 Å². The van der Waals surface area contributed by atoms with Gasteiger partial charge >= 0.3 is 5.97 Å². The number of carboxylic acid groups (broad SMARTS) is 1. The van der Waals surface area contributed by atoms with E-state index < -0.39 is 16.0 Å². The summed E-state index contributed by atoms with van der Waals surface area (Å²) >= 11 is 0. The van der Waals surface area contributed by atoms with E-state index in [1.807, 2.05) is 0 Å². The quantitative estimate of drug-likeness (QED) is 0.645. The van der Waals surface area contributed by atoms with Crippen molar-refractivity contribution in [2.45, 2.75) is 12.8 Å². The maximum absolute atomic E-state index is 11.7. The molecule has 15 heavy (non-hydrogen) atoms. The summed E-state index contributed by atoms with van der Waals surface area (Å²) in [5.41, 5.74) is 0. The molecule has 88 valence electrons. The van der Waals surface area contributed by atoms with E-state index in [4.69, 9.17) is 5.11 Å². The largest absolute Gasteiger partial charge is 0.481 e. The molecule has 6 nitrogen and oxygen atoms in total. The molecule has 1 aliphatic rings. The van der Waals surface area contributed by atoms with Gasteiger partial charge in [0, 0.05) is 32.6 Å². The zero-order valence-corrected chi connectivity index (χ0v) is 9.29. The smallest absolute Gasteiger partial charge is 0.303 e. The highest BCUT2D eigenvalue weighted by atomic mass is 32.2. The van der Waals surface area contributed by atoms with Crippen molar-refractivity contribution in [3.05, 3.63) is 0 Å². The van der Waals surface area contributed by atoms with E-state index in [0.717, 1.165) is 0 Å². The lowest BCUT2D eigenvalue weighted by molar-refractivity contribution is -0.137. The van der Waals surface area contributed by atoms with Crippen LogP contribution in [0.2, 0.25) is 0 Å². The van der Waals surface area contributed by atoms with Crippen LogP contribution in [0.5, 0.6) is 0 Å². The molecule has 1 saturated heterocycles. The lowest BCUT2D eigenvalue weighted by Crippen LogP contribution is -2.47. The Morgan fingerprint density at radius 3 is 2.47 bits per heavy atom. The summed E-state index contributed by atoms with van der Waals surface area (Å²) in [5.74, 6) is -1.02. The van der Waals surface area contributed by atoms with Crippen LogP contribution >= 0.6 is 0 Å². The molecule has 0 aromatic carbocycles. The molecule has 0 amide bonds. The number of carbonyl (C=O) groups is 1. The molecule has 0 aromatic heterocycles. The van der Waals surface area contributed by atoms with E-state index in [0.29, 0.717) is 26.2 Å². The molecule has 0 spiro atoms. The van der Waals surface area contributed by atoms with Gasteiger partial charge in [0.25, 0.3) is 0 Å². The van der Waals surface area contributed by atoms with Gasteiger partial charge in [-0.1, -0.05) is 0 Å². The maximum Gasteiger partial charge on any atom is 0.303 e. The fraction of sp³-hybridized carbons (Fsp3) is 0.875. The van der Waals surface area contributed by atoms with Crippen LogP contribution in [0.15, 0.2) is 0 Å². The normalized spacial score (nSPS) is 18.9. The Morgan fingerprint density at radius 2 is 1.93 bits per heavy atom. The molecule has 0 aromatic rings. The third kappa shape index (κ3) is 4.15. The fourth-order valence-corrected chi connectivity index (χ4v) is 2.96. The van der Waals surface area contributed by atoms with Gasteiger partial charge in [-0.05, 0) is 6.42 Å². The zero-order chi connectivity index (χ0) is 11.3. The van der Waals surface area contributed by atoms with Crippen LogP contribution in [0, 0.1) is 0 Å². The number of nitrogens with one attached hydrogen (secondary N) is 1. The van der Waals surface area contributed by atoms with Gasteiger partial charge in [-0.2, -0.15) is 4.31 Å². The monoisotopic (exact) mass is 236 g/mol. The molecule has 1 heterocycles. The first-order valence-corrected chi connectivity index (χ1v) is 6.53.